The van der Waals surface area contributed by atoms with E-state index in [0.29, 0.717) is 12.3 Å². The van der Waals surface area contributed by atoms with Gasteiger partial charge >= 0.3 is 0 Å². The molecule has 0 saturated heterocycles. The summed E-state index contributed by atoms with van der Waals surface area (Å²) < 4.78 is 17.4. The molecule has 0 aromatic heterocycles. The Balaban J connectivity index is 2.48. The first kappa shape index (κ1) is 13.4. The Morgan fingerprint density at radius 1 is 1.31 bits per heavy atom. The zero-order valence-electron chi connectivity index (χ0n) is 9.63. The maximum atomic E-state index is 12.2. The van der Waals surface area contributed by atoms with Crippen molar-refractivity contribution in [2.75, 3.05) is 25.5 Å². The molecule has 90 valence electrons. The van der Waals surface area contributed by atoms with E-state index >= 15 is 0 Å². The van der Waals surface area contributed by atoms with Crippen LogP contribution in [0.25, 0.3) is 0 Å². The Labute approximate surface area is 96.9 Å². The number of aliphatic hydroxyl groups excluding tert-OH is 1. The van der Waals surface area contributed by atoms with Gasteiger partial charge in [0.1, 0.15) is 0 Å². The lowest BCUT2D eigenvalue weighted by atomic mass is 10.2. The maximum absolute atomic E-state index is 12.2. The van der Waals surface area contributed by atoms with Crippen molar-refractivity contribution in [3.8, 4) is 0 Å². The number of hydrogen-bond donors (Lipinski definition) is 1. The number of aryl methyl sites for hydroxylation is 1. The lowest BCUT2D eigenvalue weighted by Gasteiger charge is -2.16. The summed E-state index contributed by atoms with van der Waals surface area (Å²) >= 11 is 0. The molecule has 3 nitrogen and oxygen atoms in total. The Morgan fingerprint density at radius 2 is 2.00 bits per heavy atom. The van der Waals surface area contributed by atoms with Gasteiger partial charge in [-0.2, -0.15) is 0 Å². The van der Waals surface area contributed by atoms with Crippen molar-refractivity contribution in [2.45, 2.75) is 13.3 Å². The normalized spacial score (nSPS) is 14.6. The highest BCUT2D eigenvalue weighted by Crippen LogP contribution is 2.46. The summed E-state index contributed by atoms with van der Waals surface area (Å²) in [6, 6.07) is 9.95. The Kier molecular flexibility index (Phi) is 5.75. The Hall–Kier alpha value is -0.630. The predicted octanol–water partition coefficient (Wildman–Crippen LogP) is 2.54. The van der Waals surface area contributed by atoms with Crippen LogP contribution < -0.4 is 0 Å². The predicted molar refractivity (Wildman–Crippen MR) is 66.2 cm³/mol. The average molecular weight is 242 g/mol. The molecule has 1 rings (SSSR count). The first-order valence-corrected chi connectivity index (χ1v) is 7.57. The average Bonchev–Trinajstić information content (AvgIpc) is 2.35. The van der Waals surface area contributed by atoms with Crippen LogP contribution in [-0.4, -0.2) is 30.6 Å². The largest absolute Gasteiger partial charge is 0.394 e. The van der Waals surface area contributed by atoms with Gasteiger partial charge in [-0.15, -0.1) is 0 Å². The van der Waals surface area contributed by atoms with Gasteiger partial charge in [0.25, 0.3) is 0 Å². The molecule has 1 aromatic carbocycles. The summed E-state index contributed by atoms with van der Waals surface area (Å²) in [7, 11) is -2.54. The van der Waals surface area contributed by atoms with Crippen LogP contribution in [-0.2, 0) is 15.5 Å². The monoisotopic (exact) mass is 242 g/mol. The van der Waals surface area contributed by atoms with Crippen molar-refractivity contribution < 1.29 is 14.2 Å². The molecule has 0 fully saturated rings. The van der Waals surface area contributed by atoms with Gasteiger partial charge in [0.15, 0.2) is 0 Å². The highest BCUT2D eigenvalue weighted by Gasteiger charge is 2.19. The van der Waals surface area contributed by atoms with Crippen molar-refractivity contribution in [3.05, 3.63) is 35.9 Å². The van der Waals surface area contributed by atoms with Crippen LogP contribution in [0.3, 0.4) is 0 Å². The summed E-state index contributed by atoms with van der Waals surface area (Å²) in [4.78, 5) is 0. The molecule has 0 aliphatic heterocycles. The minimum absolute atomic E-state index is 0.0741. The third-order valence-electron chi connectivity index (χ3n) is 2.48. The van der Waals surface area contributed by atoms with Crippen molar-refractivity contribution in [2.24, 2.45) is 0 Å². The molecule has 1 unspecified atom stereocenters. The zero-order valence-corrected chi connectivity index (χ0v) is 10.5. The quantitative estimate of drug-likeness (QED) is 0.747. The molecule has 1 aromatic rings. The summed E-state index contributed by atoms with van der Waals surface area (Å²) in [5, 5.41) is 8.66. The molecular formula is C12H19O3P. The second kappa shape index (κ2) is 6.85. The van der Waals surface area contributed by atoms with Crippen LogP contribution in [0, 0.1) is 0 Å². The van der Waals surface area contributed by atoms with Gasteiger partial charge < -0.3 is 9.63 Å². The van der Waals surface area contributed by atoms with Crippen LogP contribution in [0.2, 0.25) is 0 Å². The molecular weight excluding hydrogens is 223 g/mol. The van der Waals surface area contributed by atoms with Crippen LogP contribution in [0.5, 0.6) is 0 Å². The van der Waals surface area contributed by atoms with Crippen LogP contribution in [0.15, 0.2) is 30.3 Å². The van der Waals surface area contributed by atoms with Gasteiger partial charge in [-0.1, -0.05) is 37.3 Å². The van der Waals surface area contributed by atoms with E-state index in [0.717, 1.165) is 6.42 Å². The Morgan fingerprint density at radius 3 is 2.56 bits per heavy atom. The lowest BCUT2D eigenvalue weighted by Crippen LogP contribution is -2.04. The molecule has 0 aliphatic carbocycles. The van der Waals surface area contributed by atoms with Crippen LogP contribution in [0.1, 0.15) is 12.5 Å². The summed E-state index contributed by atoms with van der Waals surface area (Å²) in [6.07, 6.45) is 1.84. The van der Waals surface area contributed by atoms with Gasteiger partial charge in [-0.3, -0.25) is 4.57 Å². The number of aliphatic hydroxyl groups is 1. The summed E-state index contributed by atoms with van der Waals surface area (Å²) in [5.74, 6) is 0. The number of benzene rings is 1. The topological polar surface area (TPSA) is 46.5 Å². The lowest BCUT2D eigenvalue weighted by molar-refractivity contribution is 0.202. The molecule has 4 heteroatoms. The molecule has 0 amide bonds. The second-order valence-electron chi connectivity index (χ2n) is 3.65. The van der Waals surface area contributed by atoms with E-state index < -0.39 is 7.37 Å². The van der Waals surface area contributed by atoms with Crippen molar-refractivity contribution >= 4 is 7.37 Å². The highest BCUT2D eigenvalue weighted by atomic mass is 31.2. The molecule has 16 heavy (non-hydrogen) atoms. The zero-order chi connectivity index (χ0) is 11.9. The van der Waals surface area contributed by atoms with Crippen LogP contribution >= 0.6 is 7.37 Å². The minimum atomic E-state index is -2.54. The third kappa shape index (κ3) is 4.48. The molecule has 0 bridgehead atoms. The molecule has 1 atom stereocenters. The molecule has 0 radical (unpaired) electrons. The third-order valence-corrected chi connectivity index (χ3v) is 5.01. The first-order chi connectivity index (χ1) is 7.70. The van der Waals surface area contributed by atoms with E-state index in [1.54, 1.807) is 0 Å². The molecule has 0 heterocycles. The van der Waals surface area contributed by atoms with Crippen molar-refractivity contribution in [3.63, 3.8) is 0 Å². The van der Waals surface area contributed by atoms with Gasteiger partial charge in [-0.05, 0) is 12.0 Å². The van der Waals surface area contributed by atoms with Crippen molar-refractivity contribution in [1.82, 2.24) is 0 Å². The van der Waals surface area contributed by atoms with E-state index in [4.69, 9.17) is 9.63 Å². The summed E-state index contributed by atoms with van der Waals surface area (Å²) in [6.45, 7) is 1.96. The maximum Gasteiger partial charge on any atom is 0.203 e. The highest BCUT2D eigenvalue weighted by molar-refractivity contribution is 7.58. The molecule has 0 saturated carbocycles. The van der Waals surface area contributed by atoms with E-state index in [2.05, 4.69) is 0 Å². The molecule has 0 aliphatic rings. The standard InChI is InChI=1S/C12H19O3P/c1-2-16(14,15-10-9-13)11-8-12-6-4-3-5-7-12/h3-7,13H,2,8-11H2,1H3. The summed E-state index contributed by atoms with van der Waals surface area (Å²) in [5.41, 5.74) is 1.17. The van der Waals surface area contributed by atoms with Crippen LogP contribution in [0.4, 0.5) is 0 Å². The second-order valence-corrected chi connectivity index (χ2v) is 6.61. The van der Waals surface area contributed by atoms with Gasteiger partial charge in [0.05, 0.1) is 13.2 Å². The number of rotatable bonds is 7. The minimum Gasteiger partial charge on any atom is -0.394 e. The fourth-order valence-corrected chi connectivity index (χ4v) is 3.11. The van der Waals surface area contributed by atoms with E-state index in [1.807, 2.05) is 37.3 Å². The van der Waals surface area contributed by atoms with E-state index in [1.165, 1.54) is 5.56 Å². The van der Waals surface area contributed by atoms with Gasteiger partial charge in [-0.25, -0.2) is 0 Å². The molecule has 1 N–H and O–H groups in total. The smallest absolute Gasteiger partial charge is 0.203 e. The fourth-order valence-electron chi connectivity index (χ4n) is 1.47. The number of hydrogen-bond acceptors (Lipinski definition) is 3. The van der Waals surface area contributed by atoms with Gasteiger partial charge in [0, 0.05) is 12.3 Å². The Bertz CT molecular complexity index is 337. The van der Waals surface area contributed by atoms with Crippen molar-refractivity contribution in [1.29, 1.82) is 0 Å². The van der Waals surface area contributed by atoms with E-state index in [-0.39, 0.29) is 13.2 Å². The van der Waals surface area contributed by atoms with E-state index in [9.17, 15) is 4.57 Å². The SMILES string of the molecule is CCP(=O)(CCc1ccccc1)OCCO. The van der Waals surface area contributed by atoms with Gasteiger partial charge in [0.2, 0.25) is 7.37 Å². The fraction of sp³-hybridized carbons (Fsp3) is 0.500. The molecule has 0 spiro atoms. The first-order valence-electron chi connectivity index (χ1n) is 5.57.